The molecule has 0 unspecified atom stereocenters. The topological polar surface area (TPSA) is 65.0 Å². The Bertz CT molecular complexity index is 2810. The quantitative estimate of drug-likeness (QED) is 0.187. The van der Waals surface area contributed by atoms with Gasteiger partial charge < -0.3 is 8.83 Å². The first-order valence-corrected chi connectivity index (χ1v) is 16.6. The molecule has 0 amide bonds. The molecule has 10 rings (SSSR count). The van der Waals surface area contributed by atoms with E-state index in [0.717, 1.165) is 82.8 Å². The lowest BCUT2D eigenvalue weighted by molar-refractivity contribution is 0.668. The summed E-state index contributed by atoms with van der Waals surface area (Å²) in [5.74, 6) is 1.85. The van der Waals surface area contributed by atoms with Crippen molar-refractivity contribution >= 4 is 43.9 Å². The zero-order chi connectivity index (χ0) is 33.0. The number of nitrogens with zero attached hydrogens (tertiary/aromatic N) is 3. The van der Waals surface area contributed by atoms with E-state index in [4.69, 9.17) is 23.8 Å². The van der Waals surface area contributed by atoms with Crippen molar-refractivity contribution in [2.75, 3.05) is 0 Å². The van der Waals surface area contributed by atoms with Crippen LogP contribution in [0, 0.1) is 0 Å². The number of para-hydroxylation sites is 1. The number of fused-ring (bicyclic) bond motifs is 6. The fraction of sp³-hybridized carbons (Fsp3) is 0. The molecule has 5 nitrogen and oxygen atoms in total. The minimum Gasteiger partial charge on any atom is -0.456 e. The molecule has 0 radical (unpaired) electrons. The van der Waals surface area contributed by atoms with Gasteiger partial charge in [-0.15, -0.1) is 0 Å². The Balaban J connectivity index is 1.06. The molecule has 0 bridgehead atoms. The Kier molecular flexibility index (Phi) is 6.42. The molecule has 3 aromatic heterocycles. The van der Waals surface area contributed by atoms with Crippen LogP contribution >= 0.6 is 0 Å². The third-order valence-corrected chi connectivity index (χ3v) is 9.34. The number of furan rings is 2. The predicted molar refractivity (Wildman–Crippen MR) is 202 cm³/mol. The van der Waals surface area contributed by atoms with Crippen LogP contribution in [0.4, 0.5) is 0 Å². The molecule has 0 spiro atoms. The Labute approximate surface area is 287 Å². The highest BCUT2D eigenvalue weighted by Crippen LogP contribution is 2.39. The molecular formula is C45H27N3O2. The monoisotopic (exact) mass is 641 g/mol. The number of hydrogen-bond donors (Lipinski definition) is 0. The van der Waals surface area contributed by atoms with Crippen LogP contribution in [0.2, 0.25) is 0 Å². The molecule has 0 aliphatic rings. The molecule has 5 heteroatoms. The lowest BCUT2D eigenvalue weighted by atomic mass is 9.95. The summed E-state index contributed by atoms with van der Waals surface area (Å²) in [6, 6.07) is 55.8. The first-order valence-electron chi connectivity index (χ1n) is 16.6. The molecule has 0 saturated heterocycles. The first kappa shape index (κ1) is 28.2. The summed E-state index contributed by atoms with van der Waals surface area (Å²) >= 11 is 0. The van der Waals surface area contributed by atoms with E-state index < -0.39 is 0 Å². The summed E-state index contributed by atoms with van der Waals surface area (Å²) in [6.45, 7) is 0. The first-order chi connectivity index (χ1) is 24.7. The second-order valence-electron chi connectivity index (χ2n) is 12.4. The second kappa shape index (κ2) is 11.4. The maximum absolute atomic E-state index is 6.43. The van der Waals surface area contributed by atoms with Gasteiger partial charge in [0.2, 0.25) is 0 Å². The van der Waals surface area contributed by atoms with Crippen LogP contribution in [0.3, 0.4) is 0 Å². The molecule has 0 N–H and O–H groups in total. The van der Waals surface area contributed by atoms with E-state index in [9.17, 15) is 0 Å². The summed E-state index contributed by atoms with van der Waals surface area (Å²) in [7, 11) is 0. The maximum Gasteiger partial charge on any atom is 0.164 e. The van der Waals surface area contributed by atoms with Gasteiger partial charge in [0, 0.05) is 38.2 Å². The number of aromatic nitrogens is 3. The Morgan fingerprint density at radius 1 is 0.300 bits per heavy atom. The van der Waals surface area contributed by atoms with Crippen molar-refractivity contribution in [1.29, 1.82) is 0 Å². The normalized spacial score (nSPS) is 11.6. The Hall–Kier alpha value is -6.85. The Morgan fingerprint density at radius 3 is 1.64 bits per heavy atom. The minimum absolute atomic E-state index is 0.595. The summed E-state index contributed by atoms with van der Waals surface area (Å²) in [4.78, 5) is 14.7. The number of rotatable bonds is 5. The molecule has 0 atom stereocenters. The van der Waals surface area contributed by atoms with Crippen molar-refractivity contribution in [3.8, 4) is 56.4 Å². The summed E-state index contributed by atoms with van der Waals surface area (Å²) in [5.41, 5.74) is 10.7. The smallest absolute Gasteiger partial charge is 0.164 e. The van der Waals surface area contributed by atoms with E-state index in [1.165, 1.54) is 0 Å². The molecule has 3 heterocycles. The van der Waals surface area contributed by atoms with Gasteiger partial charge in [0.05, 0.1) is 0 Å². The largest absolute Gasteiger partial charge is 0.456 e. The summed E-state index contributed by atoms with van der Waals surface area (Å²) in [6.07, 6.45) is 0. The van der Waals surface area contributed by atoms with E-state index in [2.05, 4.69) is 78.9 Å². The molecule has 0 aliphatic heterocycles. The minimum atomic E-state index is 0.595. The molecule has 0 saturated carbocycles. The van der Waals surface area contributed by atoms with Crippen LogP contribution in [0.15, 0.2) is 173 Å². The van der Waals surface area contributed by atoms with Crippen molar-refractivity contribution in [1.82, 2.24) is 15.0 Å². The van der Waals surface area contributed by atoms with Gasteiger partial charge in [-0.05, 0) is 64.7 Å². The fourth-order valence-electron chi connectivity index (χ4n) is 6.92. The van der Waals surface area contributed by atoms with Crippen molar-refractivity contribution in [3.63, 3.8) is 0 Å². The lowest BCUT2D eigenvalue weighted by Crippen LogP contribution is -2.00. The van der Waals surface area contributed by atoms with Crippen molar-refractivity contribution in [2.45, 2.75) is 0 Å². The van der Waals surface area contributed by atoms with Crippen molar-refractivity contribution < 1.29 is 8.83 Å². The van der Waals surface area contributed by atoms with Gasteiger partial charge >= 0.3 is 0 Å². The van der Waals surface area contributed by atoms with Crippen LogP contribution in [-0.2, 0) is 0 Å². The second-order valence-corrected chi connectivity index (χ2v) is 12.4. The average Bonchev–Trinajstić information content (AvgIpc) is 3.76. The van der Waals surface area contributed by atoms with Gasteiger partial charge in [0.1, 0.15) is 22.3 Å². The Morgan fingerprint density at radius 2 is 0.860 bits per heavy atom. The number of hydrogen-bond acceptors (Lipinski definition) is 5. The molecule has 0 fully saturated rings. The molecular weight excluding hydrogens is 615 g/mol. The van der Waals surface area contributed by atoms with E-state index in [1.807, 2.05) is 84.9 Å². The third-order valence-electron chi connectivity index (χ3n) is 9.34. The van der Waals surface area contributed by atoms with E-state index in [0.29, 0.717) is 17.5 Å². The number of benzene rings is 7. The molecule has 10 aromatic rings. The van der Waals surface area contributed by atoms with Gasteiger partial charge in [-0.1, -0.05) is 121 Å². The SMILES string of the molecule is c1ccc(-c2nc(-c3ccccc3)nc(-c3ccc4c(c3)oc3ccc(-c5cccc(-c6cccc7oc8ccccc8c67)c5)cc34)n2)cc1. The van der Waals surface area contributed by atoms with Gasteiger partial charge in [-0.2, -0.15) is 0 Å². The van der Waals surface area contributed by atoms with Crippen LogP contribution in [0.1, 0.15) is 0 Å². The van der Waals surface area contributed by atoms with Gasteiger partial charge in [-0.3, -0.25) is 0 Å². The molecule has 7 aromatic carbocycles. The summed E-state index contributed by atoms with van der Waals surface area (Å²) < 4.78 is 12.6. The van der Waals surface area contributed by atoms with Gasteiger partial charge in [-0.25, -0.2) is 15.0 Å². The zero-order valence-corrected chi connectivity index (χ0v) is 26.7. The highest BCUT2D eigenvalue weighted by Gasteiger charge is 2.16. The predicted octanol–water partition coefficient (Wildman–Crippen LogP) is 12.0. The van der Waals surface area contributed by atoms with E-state index in [-0.39, 0.29) is 0 Å². The third kappa shape index (κ3) is 4.75. The van der Waals surface area contributed by atoms with Crippen LogP contribution in [-0.4, -0.2) is 15.0 Å². The van der Waals surface area contributed by atoms with Crippen LogP contribution in [0.5, 0.6) is 0 Å². The molecule has 234 valence electrons. The molecule has 0 aliphatic carbocycles. The average molecular weight is 642 g/mol. The zero-order valence-electron chi connectivity index (χ0n) is 26.7. The molecule has 50 heavy (non-hydrogen) atoms. The van der Waals surface area contributed by atoms with Crippen molar-refractivity contribution in [3.05, 3.63) is 164 Å². The van der Waals surface area contributed by atoms with E-state index in [1.54, 1.807) is 0 Å². The van der Waals surface area contributed by atoms with Crippen LogP contribution in [0.25, 0.3) is 100 Å². The maximum atomic E-state index is 6.43. The van der Waals surface area contributed by atoms with Gasteiger partial charge in [0.15, 0.2) is 17.5 Å². The van der Waals surface area contributed by atoms with Gasteiger partial charge in [0.25, 0.3) is 0 Å². The standard InChI is InChI=1S/C45H27N3O2/c1-3-11-28(12-4-1)43-46-44(29-13-5-2-6-14-29)48-45(47-43)33-21-23-35-37-26-31(22-24-39(37)50-41(35)27-33)30-15-9-16-32(25-30)34-18-10-20-40-42(34)36-17-7-8-19-38(36)49-40/h1-27H. The highest BCUT2D eigenvalue weighted by molar-refractivity contribution is 6.12. The fourth-order valence-corrected chi connectivity index (χ4v) is 6.92. The van der Waals surface area contributed by atoms with Crippen molar-refractivity contribution in [2.24, 2.45) is 0 Å². The highest BCUT2D eigenvalue weighted by atomic mass is 16.3. The van der Waals surface area contributed by atoms with E-state index >= 15 is 0 Å². The lowest BCUT2D eigenvalue weighted by Gasteiger charge is -2.08. The summed E-state index contributed by atoms with van der Waals surface area (Å²) in [5, 5.41) is 4.36. The van der Waals surface area contributed by atoms with Crippen LogP contribution < -0.4 is 0 Å².